The summed E-state index contributed by atoms with van der Waals surface area (Å²) < 4.78 is 0. The molecule has 0 saturated carbocycles. The lowest BCUT2D eigenvalue weighted by molar-refractivity contribution is 0.789. The molecule has 3 N–H and O–H groups in total. The van der Waals surface area contributed by atoms with E-state index in [4.69, 9.17) is 5.84 Å². The summed E-state index contributed by atoms with van der Waals surface area (Å²) in [6.45, 7) is 4.12. The average molecular weight is 151 g/mol. The molecule has 0 radical (unpaired) electrons. The minimum atomic E-state index is 0.356. The number of allylic oxidation sites excluding steroid dienone is 4. The molecule has 0 spiro atoms. The first-order chi connectivity index (χ1) is 5.24. The number of hydrazine groups is 1. The minimum absolute atomic E-state index is 0.356. The lowest BCUT2D eigenvalue weighted by atomic mass is 9.97. The summed E-state index contributed by atoms with van der Waals surface area (Å²) in [6, 6.07) is 0. The highest BCUT2D eigenvalue weighted by atomic mass is 15.5. The van der Waals surface area contributed by atoms with Crippen molar-refractivity contribution in [2.45, 2.75) is 13.8 Å². The lowest BCUT2D eigenvalue weighted by Gasteiger charge is -2.11. The number of hydrogen-bond acceptors (Lipinski definition) is 3. The fourth-order valence-electron chi connectivity index (χ4n) is 1.02. The summed E-state index contributed by atoms with van der Waals surface area (Å²) in [5.74, 6) is 5.43. The molecule has 0 amide bonds. The van der Waals surface area contributed by atoms with Crippen molar-refractivity contribution in [3.05, 3.63) is 23.8 Å². The Morgan fingerprint density at radius 3 is 3.00 bits per heavy atom. The van der Waals surface area contributed by atoms with E-state index in [1.807, 2.05) is 13.0 Å². The Kier molecular flexibility index (Phi) is 2.44. The largest absolute Gasteiger partial charge is 0.245 e. The van der Waals surface area contributed by atoms with Crippen LogP contribution < -0.4 is 11.4 Å². The Balaban J connectivity index is 2.81. The van der Waals surface area contributed by atoms with Crippen molar-refractivity contribution in [1.82, 2.24) is 5.53 Å². The maximum Gasteiger partial charge on any atom is 0.0687 e. The summed E-state index contributed by atoms with van der Waals surface area (Å²) in [4.78, 5) is 0. The summed E-state index contributed by atoms with van der Waals surface area (Å²) in [5.41, 5.74) is 4.48. The van der Waals surface area contributed by atoms with Crippen LogP contribution in [0.1, 0.15) is 13.8 Å². The number of hydrogen-bond donors (Lipinski definition) is 2. The molecule has 3 heteroatoms. The van der Waals surface area contributed by atoms with Gasteiger partial charge in [0, 0.05) is 5.92 Å². The van der Waals surface area contributed by atoms with Gasteiger partial charge in [-0.25, -0.2) is 11.4 Å². The van der Waals surface area contributed by atoms with Crippen molar-refractivity contribution >= 4 is 5.71 Å². The van der Waals surface area contributed by atoms with Gasteiger partial charge in [-0.05, 0) is 18.6 Å². The Morgan fingerprint density at radius 1 is 1.64 bits per heavy atom. The molecular weight excluding hydrogens is 138 g/mol. The molecule has 0 aromatic carbocycles. The van der Waals surface area contributed by atoms with Crippen molar-refractivity contribution < 1.29 is 0 Å². The van der Waals surface area contributed by atoms with Crippen LogP contribution in [0, 0.1) is 5.92 Å². The van der Waals surface area contributed by atoms with Gasteiger partial charge in [0.2, 0.25) is 0 Å². The molecule has 1 unspecified atom stereocenters. The lowest BCUT2D eigenvalue weighted by Crippen LogP contribution is -2.20. The second kappa shape index (κ2) is 3.34. The van der Waals surface area contributed by atoms with E-state index in [-0.39, 0.29) is 0 Å². The van der Waals surface area contributed by atoms with E-state index in [9.17, 15) is 0 Å². The highest BCUT2D eigenvalue weighted by Crippen LogP contribution is 2.12. The maximum atomic E-state index is 5.08. The zero-order valence-electron chi connectivity index (χ0n) is 6.83. The zero-order chi connectivity index (χ0) is 8.27. The van der Waals surface area contributed by atoms with Crippen LogP contribution in [0.3, 0.4) is 0 Å². The molecule has 0 heterocycles. The second-order valence-electron chi connectivity index (χ2n) is 2.70. The maximum absolute atomic E-state index is 5.08. The molecule has 1 aliphatic carbocycles. The summed E-state index contributed by atoms with van der Waals surface area (Å²) >= 11 is 0. The fourth-order valence-corrected chi connectivity index (χ4v) is 1.02. The quantitative estimate of drug-likeness (QED) is 0.433. The molecule has 11 heavy (non-hydrogen) atoms. The van der Waals surface area contributed by atoms with Crippen molar-refractivity contribution in [2.24, 2.45) is 16.9 Å². The first kappa shape index (κ1) is 8.01. The van der Waals surface area contributed by atoms with Crippen LogP contribution in [0.5, 0.6) is 0 Å². The third kappa shape index (κ3) is 1.91. The van der Waals surface area contributed by atoms with Crippen molar-refractivity contribution in [3.63, 3.8) is 0 Å². The number of rotatable bonds is 1. The summed E-state index contributed by atoms with van der Waals surface area (Å²) in [5, 5.41) is 3.93. The Hall–Kier alpha value is -1.09. The van der Waals surface area contributed by atoms with Crippen LogP contribution in [0.15, 0.2) is 28.9 Å². The molecule has 0 aromatic heterocycles. The molecule has 1 atom stereocenters. The minimum Gasteiger partial charge on any atom is -0.245 e. The normalized spacial score (nSPS) is 27.0. The van der Waals surface area contributed by atoms with E-state index in [0.717, 1.165) is 5.71 Å². The van der Waals surface area contributed by atoms with E-state index in [1.165, 1.54) is 5.57 Å². The molecule has 60 valence electrons. The molecule has 0 saturated heterocycles. The third-order valence-electron chi connectivity index (χ3n) is 1.68. The Bertz CT molecular complexity index is 225. The van der Waals surface area contributed by atoms with Crippen LogP contribution in [-0.4, -0.2) is 5.71 Å². The van der Waals surface area contributed by atoms with Gasteiger partial charge in [0.05, 0.1) is 5.71 Å². The SMILES string of the molecule is CC1=C/C(=N/NN)C(C)C=C1. The van der Waals surface area contributed by atoms with Gasteiger partial charge in [0.1, 0.15) is 0 Å². The van der Waals surface area contributed by atoms with Gasteiger partial charge in [-0.3, -0.25) is 0 Å². The van der Waals surface area contributed by atoms with E-state index >= 15 is 0 Å². The highest BCUT2D eigenvalue weighted by molar-refractivity contribution is 5.99. The summed E-state index contributed by atoms with van der Waals surface area (Å²) in [6.07, 6.45) is 6.20. The predicted molar refractivity (Wildman–Crippen MR) is 46.8 cm³/mol. The first-order valence-electron chi connectivity index (χ1n) is 3.63. The second-order valence-corrected chi connectivity index (χ2v) is 2.70. The molecule has 1 rings (SSSR count). The number of hydrazone groups is 1. The van der Waals surface area contributed by atoms with E-state index in [1.54, 1.807) is 0 Å². The topological polar surface area (TPSA) is 50.4 Å². The summed E-state index contributed by atoms with van der Waals surface area (Å²) in [7, 11) is 0. The molecule has 0 aromatic rings. The molecule has 0 bridgehead atoms. The Morgan fingerprint density at radius 2 is 2.36 bits per heavy atom. The van der Waals surface area contributed by atoms with Gasteiger partial charge < -0.3 is 0 Å². The number of nitrogens with two attached hydrogens (primary N) is 1. The van der Waals surface area contributed by atoms with Gasteiger partial charge in [0.15, 0.2) is 0 Å². The van der Waals surface area contributed by atoms with Gasteiger partial charge in [0.25, 0.3) is 0 Å². The molecular formula is C8H13N3. The third-order valence-corrected chi connectivity index (χ3v) is 1.68. The average Bonchev–Trinajstić information content (AvgIpc) is 1.98. The molecule has 1 aliphatic rings. The van der Waals surface area contributed by atoms with Crippen LogP contribution in [-0.2, 0) is 0 Å². The van der Waals surface area contributed by atoms with Gasteiger partial charge >= 0.3 is 0 Å². The van der Waals surface area contributed by atoms with Crippen LogP contribution >= 0.6 is 0 Å². The number of nitrogens with one attached hydrogen (secondary N) is 1. The standard InChI is InChI=1S/C8H13N3/c1-6-3-4-7(2)8(5-6)10-11-9/h3-5,7,11H,9H2,1-2H3/b10-8-. The van der Waals surface area contributed by atoms with Crippen molar-refractivity contribution in [2.75, 3.05) is 0 Å². The molecule has 3 nitrogen and oxygen atoms in total. The first-order valence-corrected chi connectivity index (χ1v) is 3.63. The monoisotopic (exact) mass is 151 g/mol. The van der Waals surface area contributed by atoms with Crippen molar-refractivity contribution in [1.29, 1.82) is 0 Å². The van der Waals surface area contributed by atoms with Crippen molar-refractivity contribution in [3.8, 4) is 0 Å². The van der Waals surface area contributed by atoms with Crippen LogP contribution in [0.25, 0.3) is 0 Å². The smallest absolute Gasteiger partial charge is 0.0687 e. The fraction of sp³-hybridized carbons (Fsp3) is 0.375. The van der Waals surface area contributed by atoms with Gasteiger partial charge in [-0.15, -0.1) is 0 Å². The molecule has 0 fully saturated rings. The highest BCUT2D eigenvalue weighted by Gasteiger charge is 2.08. The predicted octanol–water partition coefficient (Wildman–Crippen LogP) is 0.958. The van der Waals surface area contributed by atoms with Crippen LogP contribution in [0.4, 0.5) is 0 Å². The van der Waals surface area contributed by atoms with Gasteiger partial charge in [-0.1, -0.05) is 19.1 Å². The zero-order valence-corrected chi connectivity index (χ0v) is 6.83. The van der Waals surface area contributed by atoms with E-state index < -0.39 is 0 Å². The number of nitrogens with zero attached hydrogens (tertiary/aromatic N) is 1. The molecule has 0 aliphatic heterocycles. The van der Waals surface area contributed by atoms with Gasteiger partial charge in [-0.2, -0.15) is 5.10 Å². The van der Waals surface area contributed by atoms with Crippen LogP contribution in [0.2, 0.25) is 0 Å². The Labute approximate surface area is 66.6 Å². The van der Waals surface area contributed by atoms with E-state index in [2.05, 4.69) is 29.7 Å². The van der Waals surface area contributed by atoms with E-state index in [0.29, 0.717) is 5.92 Å².